The minimum atomic E-state index is -0.500. The monoisotopic (exact) mass is 253 g/mol. The molecule has 2 rings (SSSR count). The van der Waals surface area contributed by atoms with Crippen molar-refractivity contribution in [3.8, 4) is 0 Å². The Morgan fingerprint density at radius 1 is 1.35 bits per heavy atom. The number of carbonyl (C=O) groups excluding carboxylic acids is 3. The highest BCUT2D eigenvalue weighted by molar-refractivity contribution is 6.33. The summed E-state index contributed by atoms with van der Waals surface area (Å²) in [5, 5.41) is 2.30. The number of carbonyl (C=O) groups is 3. The molecule has 0 radical (unpaired) electrons. The van der Waals surface area contributed by atoms with Gasteiger partial charge in [-0.1, -0.05) is 11.6 Å². The van der Waals surface area contributed by atoms with Crippen LogP contribution in [0.4, 0.5) is 0 Å². The van der Waals surface area contributed by atoms with Gasteiger partial charge < -0.3 is 4.90 Å². The maximum atomic E-state index is 12.0. The van der Waals surface area contributed by atoms with E-state index in [1.165, 1.54) is 18.5 Å². The maximum absolute atomic E-state index is 12.0. The van der Waals surface area contributed by atoms with E-state index < -0.39 is 17.7 Å². The van der Waals surface area contributed by atoms with Gasteiger partial charge in [-0.05, 0) is 6.07 Å². The van der Waals surface area contributed by atoms with Gasteiger partial charge >= 0.3 is 0 Å². The topological polar surface area (TPSA) is 79.4 Å². The van der Waals surface area contributed by atoms with Crippen molar-refractivity contribution in [2.24, 2.45) is 0 Å². The second-order valence-corrected chi connectivity index (χ2v) is 3.90. The molecular formula is C10H8ClN3O3. The van der Waals surface area contributed by atoms with E-state index in [0.29, 0.717) is 0 Å². The molecule has 0 atom stereocenters. The van der Waals surface area contributed by atoms with Gasteiger partial charge in [0.1, 0.15) is 13.1 Å². The number of amides is 3. The molecule has 1 N–H and O–H groups in total. The Morgan fingerprint density at radius 3 is 2.59 bits per heavy atom. The largest absolute Gasteiger partial charge is 0.320 e. The summed E-state index contributed by atoms with van der Waals surface area (Å²) in [4.78, 5) is 39.2. The van der Waals surface area contributed by atoms with Crippen LogP contribution in [-0.2, 0) is 9.59 Å². The van der Waals surface area contributed by atoms with Crippen LogP contribution in [0.1, 0.15) is 10.4 Å². The van der Waals surface area contributed by atoms with E-state index in [9.17, 15) is 14.4 Å². The molecule has 0 bridgehead atoms. The van der Waals surface area contributed by atoms with Gasteiger partial charge in [0.2, 0.25) is 11.8 Å². The molecule has 1 fully saturated rings. The van der Waals surface area contributed by atoms with Crippen LogP contribution in [0.3, 0.4) is 0 Å². The van der Waals surface area contributed by atoms with Gasteiger partial charge in [0.25, 0.3) is 5.91 Å². The van der Waals surface area contributed by atoms with Crippen molar-refractivity contribution in [2.75, 3.05) is 13.1 Å². The molecule has 1 aliphatic heterocycles. The number of hydrogen-bond acceptors (Lipinski definition) is 4. The van der Waals surface area contributed by atoms with E-state index in [1.807, 2.05) is 0 Å². The van der Waals surface area contributed by atoms with Crippen molar-refractivity contribution in [3.63, 3.8) is 0 Å². The lowest BCUT2D eigenvalue weighted by Gasteiger charge is -2.25. The van der Waals surface area contributed by atoms with E-state index in [0.717, 1.165) is 4.90 Å². The van der Waals surface area contributed by atoms with Crippen LogP contribution in [-0.4, -0.2) is 40.7 Å². The summed E-state index contributed by atoms with van der Waals surface area (Å²) in [5.74, 6) is -1.46. The third kappa shape index (κ3) is 2.42. The van der Waals surface area contributed by atoms with Gasteiger partial charge in [-0.2, -0.15) is 0 Å². The van der Waals surface area contributed by atoms with Gasteiger partial charge in [0.15, 0.2) is 0 Å². The second kappa shape index (κ2) is 4.50. The summed E-state index contributed by atoms with van der Waals surface area (Å²) in [7, 11) is 0. The zero-order chi connectivity index (χ0) is 12.4. The van der Waals surface area contributed by atoms with Gasteiger partial charge in [0, 0.05) is 12.4 Å². The van der Waals surface area contributed by atoms with Crippen LogP contribution in [0.15, 0.2) is 18.5 Å². The highest BCUT2D eigenvalue weighted by atomic mass is 35.5. The summed E-state index contributed by atoms with van der Waals surface area (Å²) in [6.07, 6.45) is 2.76. The number of aromatic nitrogens is 1. The standard InChI is InChI=1S/C10H8ClN3O3/c11-7-3-12-2-1-6(7)10(17)14-4-8(15)13-9(16)5-14/h1-3H,4-5H2,(H,13,15,16). The predicted molar refractivity (Wildman–Crippen MR) is 58.3 cm³/mol. The highest BCUT2D eigenvalue weighted by Crippen LogP contribution is 2.16. The molecule has 1 aliphatic rings. The fourth-order valence-corrected chi connectivity index (χ4v) is 1.70. The Balaban J connectivity index is 2.23. The summed E-state index contributed by atoms with van der Waals surface area (Å²) in [6, 6.07) is 1.45. The Bertz CT molecular complexity index is 487. The van der Waals surface area contributed by atoms with Crippen LogP contribution in [0.2, 0.25) is 5.02 Å². The Kier molecular flexibility index (Phi) is 3.06. The Morgan fingerprint density at radius 2 is 2.00 bits per heavy atom. The number of halogens is 1. The molecule has 6 nitrogen and oxygen atoms in total. The van der Waals surface area contributed by atoms with E-state index in [-0.39, 0.29) is 23.7 Å². The maximum Gasteiger partial charge on any atom is 0.256 e. The molecule has 0 spiro atoms. The first kappa shape index (κ1) is 11.5. The number of pyridine rings is 1. The van der Waals surface area contributed by atoms with Crippen molar-refractivity contribution in [1.82, 2.24) is 15.2 Å². The van der Waals surface area contributed by atoms with Crippen molar-refractivity contribution >= 4 is 29.3 Å². The minimum Gasteiger partial charge on any atom is -0.320 e. The van der Waals surface area contributed by atoms with Crippen molar-refractivity contribution in [3.05, 3.63) is 29.0 Å². The summed E-state index contributed by atoms with van der Waals surface area (Å²) < 4.78 is 0. The number of nitrogens with zero attached hydrogens (tertiary/aromatic N) is 2. The zero-order valence-corrected chi connectivity index (χ0v) is 9.40. The number of piperazine rings is 1. The van der Waals surface area contributed by atoms with Crippen LogP contribution >= 0.6 is 11.6 Å². The number of hydrogen-bond donors (Lipinski definition) is 1. The SMILES string of the molecule is O=C1CN(C(=O)c2ccncc2Cl)CC(=O)N1. The van der Waals surface area contributed by atoms with Crippen LogP contribution in [0.5, 0.6) is 0 Å². The molecule has 1 saturated heterocycles. The lowest BCUT2D eigenvalue weighted by molar-refractivity contribution is -0.135. The van der Waals surface area contributed by atoms with Gasteiger partial charge in [-0.3, -0.25) is 24.7 Å². The molecule has 1 aromatic heterocycles. The fourth-order valence-electron chi connectivity index (χ4n) is 1.50. The van der Waals surface area contributed by atoms with Crippen LogP contribution in [0.25, 0.3) is 0 Å². The van der Waals surface area contributed by atoms with E-state index in [4.69, 9.17) is 11.6 Å². The third-order valence-electron chi connectivity index (χ3n) is 2.24. The lowest BCUT2D eigenvalue weighted by atomic mass is 10.2. The fraction of sp³-hybridized carbons (Fsp3) is 0.200. The average Bonchev–Trinajstić information content (AvgIpc) is 2.27. The first-order valence-electron chi connectivity index (χ1n) is 4.79. The molecule has 0 aliphatic carbocycles. The lowest BCUT2D eigenvalue weighted by Crippen LogP contribution is -2.53. The van der Waals surface area contributed by atoms with Gasteiger partial charge in [-0.15, -0.1) is 0 Å². The van der Waals surface area contributed by atoms with Gasteiger partial charge in [-0.25, -0.2) is 0 Å². The van der Waals surface area contributed by atoms with E-state index in [1.54, 1.807) is 0 Å². The van der Waals surface area contributed by atoms with Crippen molar-refractivity contribution < 1.29 is 14.4 Å². The number of rotatable bonds is 1. The van der Waals surface area contributed by atoms with Gasteiger partial charge in [0.05, 0.1) is 10.6 Å². The molecule has 2 heterocycles. The average molecular weight is 254 g/mol. The Labute approximate surface area is 102 Å². The van der Waals surface area contributed by atoms with Crippen LogP contribution < -0.4 is 5.32 Å². The Hall–Kier alpha value is -1.95. The number of imide groups is 1. The second-order valence-electron chi connectivity index (χ2n) is 3.49. The third-order valence-corrected chi connectivity index (χ3v) is 2.54. The van der Waals surface area contributed by atoms with E-state index >= 15 is 0 Å². The molecule has 3 amide bonds. The van der Waals surface area contributed by atoms with Crippen molar-refractivity contribution in [2.45, 2.75) is 0 Å². The number of nitrogens with one attached hydrogen (secondary N) is 1. The quantitative estimate of drug-likeness (QED) is 0.705. The molecule has 7 heteroatoms. The highest BCUT2D eigenvalue weighted by Gasteiger charge is 2.27. The molecule has 17 heavy (non-hydrogen) atoms. The predicted octanol–water partition coefficient (Wildman–Crippen LogP) is -0.166. The minimum absolute atomic E-state index is 0.150. The summed E-state index contributed by atoms with van der Waals surface area (Å²) >= 11 is 5.82. The summed E-state index contributed by atoms with van der Waals surface area (Å²) in [5.41, 5.74) is 0.226. The molecule has 0 aromatic carbocycles. The first-order chi connectivity index (χ1) is 8.08. The molecule has 1 aromatic rings. The normalized spacial score (nSPS) is 15.7. The smallest absolute Gasteiger partial charge is 0.256 e. The molecule has 88 valence electrons. The van der Waals surface area contributed by atoms with Crippen molar-refractivity contribution in [1.29, 1.82) is 0 Å². The summed E-state index contributed by atoms with van der Waals surface area (Å²) in [6.45, 7) is -0.299. The molecular weight excluding hydrogens is 246 g/mol. The van der Waals surface area contributed by atoms with E-state index in [2.05, 4.69) is 10.3 Å². The first-order valence-corrected chi connectivity index (χ1v) is 5.17. The van der Waals surface area contributed by atoms with Crippen LogP contribution in [0, 0.1) is 0 Å². The zero-order valence-electron chi connectivity index (χ0n) is 8.64. The molecule has 0 unspecified atom stereocenters. The molecule has 0 saturated carbocycles.